The van der Waals surface area contributed by atoms with Gasteiger partial charge in [0.1, 0.15) is 10.9 Å². The molecular weight excluding hydrogens is 476 g/mol. The third-order valence-corrected chi connectivity index (χ3v) is 5.95. The van der Waals surface area contributed by atoms with Crippen LogP contribution in [-0.4, -0.2) is 38.4 Å². The molecule has 5 rings (SSSR count). The Morgan fingerprint density at radius 2 is 2.06 bits per heavy atom. The first kappa shape index (κ1) is 22.0. The van der Waals surface area contributed by atoms with E-state index in [4.69, 9.17) is 20.8 Å². The molecule has 0 radical (unpaired) electrons. The van der Waals surface area contributed by atoms with Crippen molar-refractivity contribution in [2.45, 2.75) is 19.8 Å². The lowest BCUT2D eigenvalue weighted by atomic mass is 9.96. The largest absolute Gasteiger partial charge is 0.494 e. The fourth-order valence-electron chi connectivity index (χ4n) is 3.18. The second kappa shape index (κ2) is 9.21. The average molecular weight is 493 g/mol. The van der Waals surface area contributed by atoms with Gasteiger partial charge in [-0.25, -0.2) is 4.98 Å². The first-order valence-electron chi connectivity index (χ1n) is 10.3. The summed E-state index contributed by atoms with van der Waals surface area (Å²) in [5.74, 6) is 7.42. The van der Waals surface area contributed by atoms with Crippen molar-refractivity contribution in [3.8, 4) is 40.2 Å². The first-order valence-corrected chi connectivity index (χ1v) is 11.5. The molecule has 0 atom stereocenters. The van der Waals surface area contributed by atoms with Gasteiger partial charge in [0.05, 0.1) is 13.3 Å². The number of rotatable bonds is 5. The Morgan fingerprint density at radius 1 is 1.21 bits per heavy atom. The van der Waals surface area contributed by atoms with E-state index in [1.165, 1.54) is 24.6 Å². The van der Waals surface area contributed by atoms with Gasteiger partial charge in [0.25, 0.3) is 5.91 Å². The molecule has 3 heterocycles. The molecule has 1 amide bonds. The third-order valence-electron chi connectivity index (χ3n) is 4.99. The standard InChI is InChI=1S/C23H17ClN6O3S/c1-12-27-29-22(33-12)14-6-7-15(16(9-14)17-10-19(24)25-11-18(17)32-2)21(31)26-23-30-28-20(34-23)8-5-13-3-4-13/h6-7,9-11,13H,3-4H2,1-2H3,(H,26,30,31). The molecule has 11 heteroatoms. The molecular formula is C23H17ClN6O3S. The van der Waals surface area contributed by atoms with Crippen LogP contribution < -0.4 is 10.1 Å². The molecule has 1 saturated carbocycles. The lowest BCUT2D eigenvalue weighted by molar-refractivity contribution is 0.102. The summed E-state index contributed by atoms with van der Waals surface area (Å²) in [6.45, 7) is 1.70. The third kappa shape index (κ3) is 4.76. The summed E-state index contributed by atoms with van der Waals surface area (Å²) in [4.78, 5) is 17.3. The SMILES string of the molecule is COc1cnc(Cl)cc1-c1cc(-c2nnc(C)o2)ccc1C(=O)Nc1nnc(C#CC2CC2)s1. The van der Waals surface area contributed by atoms with Crippen LogP contribution in [-0.2, 0) is 0 Å². The number of hydrogen-bond acceptors (Lipinski definition) is 9. The highest BCUT2D eigenvalue weighted by atomic mass is 35.5. The van der Waals surface area contributed by atoms with Crippen LogP contribution in [0.15, 0.2) is 34.9 Å². The lowest BCUT2D eigenvalue weighted by Gasteiger charge is -2.14. The van der Waals surface area contributed by atoms with E-state index in [-0.39, 0.29) is 11.1 Å². The molecule has 170 valence electrons. The minimum Gasteiger partial charge on any atom is -0.494 e. The van der Waals surface area contributed by atoms with Crippen molar-refractivity contribution in [3.63, 3.8) is 0 Å². The van der Waals surface area contributed by atoms with E-state index < -0.39 is 0 Å². The zero-order chi connectivity index (χ0) is 23.7. The van der Waals surface area contributed by atoms with E-state index in [0.29, 0.717) is 55.8 Å². The Morgan fingerprint density at radius 3 is 2.79 bits per heavy atom. The van der Waals surface area contributed by atoms with Crippen LogP contribution >= 0.6 is 22.9 Å². The van der Waals surface area contributed by atoms with Crippen molar-refractivity contribution in [3.05, 3.63) is 52.1 Å². The molecule has 1 aliphatic carbocycles. The summed E-state index contributed by atoms with van der Waals surface area (Å²) in [6, 6.07) is 6.80. The zero-order valence-electron chi connectivity index (χ0n) is 18.1. The maximum atomic E-state index is 13.3. The van der Waals surface area contributed by atoms with Gasteiger partial charge in [-0.15, -0.1) is 20.4 Å². The van der Waals surface area contributed by atoms with E-state index in [1.807, 2.05) is 0 Å². The van der Waals surface area contributed by atoms with E-state index in [9.17, 15) is 4.79 Å². The molecule has 0 bridgehead atoms. The van der Waals surface area contributed by atoms with Crippen LogP contribution in [0.25, 0.3) is 22.6 Å². The topological polar surface area (TPSA) is 116 Å². The Balaban J connectivity index is 1.53. The molecule has 0 spiro atoms. The van der Waals surface area contributed by atoms with Gasteiger partial charge in [-0.3, -0.25) is 10.1 Å². The van der Waals surface area contributed by atoms with Gasteiger partial charge in [-0.2, -0.15) is 0 Å². The summed E-state index contributed by atoms with van der Waals surface area (Å²) < 4.78 is 11.0. The first-order chi connectivity index (χ1) is 16.5. The zero-order valence-corrected chi connectivity index (χ0v) is 19.7. The van der Waals surface area contributed by atoms with Crippen LogP contribution in [0, 0.1) is 24.7 Å². The monoisotopic (exact) mass is 492 g/mol. The number of aryl methyl sites for hydroxylation is 1. The van der Waals surface area contributed by atoms with Gasteiger partial charge in [0.2, 0.25) is 16.9 Å². The number of aromatic nitrogens is 5. The number of anilines is 1. The van der Waals surface area contributed by atoms with E-state index in [2.05, 4.69) is 42.5 Å². The van der Waals surface area contributed by atoms with Gasteiger partial charge >= 0.3 is 0 Å². The molecule has 4 aromatic rings. The molecule has 1 fully saturated rings. The number of carbonyl (C=O) groups excluding carboxylic acids is 1. The number of hydrogen-bond donors (Lipinski definition) is 1. The minimum absolute atomic E-state index is 0.254. The summed E-state index contributed by atoms with van der Waals surface area (Å²) in [5, 5.41) is 20.0. The van der Waals surface area contributed by atoms with Crippen LogP contribution in [0.4, 0.5) is 5.13 Å². The van der Waals surface area contributed by atoms with Crippen molar-refractivity contribution in [1.29, 1.82) is 0 Å². The fourth-order valence-corrected chi connectivity index (χ4v) is 3.94. The predicted molar refractivity (Wildman–Crippen MR) is 127 cm³/mol. The minimum atomic E-state index is -0.379. The number of ether oxygens (including phenoxy) is 1. The number of benzene rings is 1. The Hall–Kier alpha value is -3.81. The number of pyridine rings is 1. The summed E-state index contributed by atoms with van der Waals surface area (Å²) in [6.07, 6.45) is 3.75. The Bertz CT molecular complexity index is 1450. The van der Waals surface area contributed by atoms with Crippen molar-refractivity contribution < 1.29 is 13.9 Å². The smallest absolute Gasteiger partial charge is 0.258 e. The normalized spacial score (nSPS) is 12.7. The molecule has 9 nitrogen and oxygen atoms in total. The van der Waals surface area contributed by atoms with Crippen LogP contribution in [0.3, 0.4) is 0 Å². The number of amides is 1. The number of nitrogens with one attached hydrogen (secondary N) is 1. The van der Waals surface area contributed by atoms with Gasteiger partial charge in [0.15, 0.2) is 5.01 Å². The molecule has 0 saturated heterocycles. The Kier molecular flexibility index (Phi) is 5.96. The lowest BCUT2D eigenvalue weighted by Crippen LogP contribution is -2.13. The van der Waals surface area contributed by atoms with Crippen molar-refractivity contribution in [1.82, 2.24) is 25.4 Å². The molecule has 1 aliphatic rings. The molecule has 1 aromatic carbocycles. The van der Waals surface area contributed by atoms with Crippen molar-refractivity contribution in [2.24, 2.45) is 5.92 Å². The quantitative estimate of drug-likeness (QED) is 0.316. The highest BCUT2D eigenvalue weighted by Crippen LogP contribution is 2.36. The van der Waals surface area contributed by atoms with Gasteiger partial charge in [-0.05, 0) is 48.6 Å². The molecule has 34 heavy (non-hydrogen) atoms. The summed E-state index contributed by atoms with van der Waals surface area (Å²) in [5.41, 5.74) is 2.13. The predicted octanol–water partition coefficient (Wildman–Crippen LogP) is 4.63. The average Bonchev–Trinajstić information content (AvgIpc) is 3.40. The maximum absolute atomic E-state index is 13.3. The van der Waals surface area contributed by atoms with Crippen molar-refractivity contribution >= 4 is 34.0 Å². The highest BCUT2D eigenvalue weighted by Gasteiger charge is 2.21. The number of halogens is 1. The molecule has 0 aliphatic heterocycles. The molecule has 0 unspecified atom stereocenters. The number of methoxy groups -OCH3 is 1. The molecule has 1 N–H and O–H groups in total. The number of nitrogens with zero attached hydrogens (tertiary/aromatic N) is 5. The van der Waals surface area contributed by atoms with Crippen molar-refractivity contribution in [2.75, 3.05) is 12.4 Å². The Labute approximate surface area is 203 Å². The van der Waals surface area contributed by atoms with Gasteiger partial charge in [0, 0.05) is 29.5 Å². The highest BCUT2D eigenvalue weighted by molar-refractivity contribution is 7.15. The van der Waals surface area contributed by atoms with E-state index in [0.717, 1.165) is 12.8 Å². The summed E-state index contributed by atoms with van der Waals surface area (Å²) >= 11 is 7.39. The van der Waals surface area contributed by atoms with Gasteiger partial charge in [-0.1, -0.05) is 28.9 Å². The fraction of sp³-hybridized carbons (Fsp3) is 0.217. The molecule has 3 aromatic heterocycles. The maximum Gasteiger partial charge on any atom is 0.258 e. The summed E-state index contributed by atoms with van der Waals surface area (Å²) in [7, 11) is 1.52. The van der Waals surface area contributed by atoms with E-state index in [1.54, 1.807) is 31.2 Å². The van der Waals surface area contributed by atoms with E-state index >= 15 is 0 Å². The van der Waals surface area contributed by atoms with Crippen LogP contribution in [0.2, 0.25) is 5.15 Å². The van der Waals surface area contributed by atoms with Gasteiger partial charge < -0.3 is 9.15 Å². The number of carbonyl (C=O) groups is 1. The second-order valence-electron chi connectivity index (χ2n) is 7.50. The van der Waals surface area contributed by atoms with Crippen LogP contribution in [0.1, 0.15) is 34.1 Å². The van der Waals surface area contributed by atoms with Crippen LogP contribution in [0.5, 0.6) is 5.75 Å². The second-order valence-corrected chi connectivity index (χ2v) is 8.87.